The summed E-state index contributed by atoms with van der Waals surface area (Å²) >= 11 is 5.95. The molecule has 0 amide bonds. The SMILES string of the molecule is COC(=O)c1cc(Cl)cnc1N1CC(N(C)c2ccc(F)cc2C)C1. The van der Waals surface area contributed by atoms with E-state index in [2.05, 4.69) is 9.88 Å². The number of carbonyl (C=O) groups is 1. The summed E-state index contributed by atoms with van der Waals surface area (Å²) in [5.41, 5.74) is 2.23. The van der Waals surface area contributed by atoms with E-state index in [1.807, 2.05) is 18.9 Å². The van der Waals surface area contributed by atoms with Crippen LogP contribution < -0.4 is 9.80 Å². The van der Waals surface area contributed by atoms with Crippen LogP contribution in [0, 0.1) is 12.7 Å². The van der Waals surface area contributed by atoms with Crippen LogP contribution in [0.5, 0.6) is 0 Å². The number of aryl methyl sites for hydroxylation is 1. The van der Waals surface area contributed by atoms with Gasteiger partial charge in [-0.05, 0) is 36.8 Å². The molecule has 25 heavy (non-hydrogen) atoms. The Balaban J connectivity index is 1.75. The van der Waals surface area contributed by atoms with Gasteiger partial charge in [-0.1, -0.05) is 11.6 Å². The number of hydrogen-bond acceptors (Lipinski definition) is 5. The molecule has 132 valence electrons. The number of carbonyl (C=O) groups excluding carboxylic acids is 1. The molecular weight excluding hydrogens is 345 g/mol. The number of benzene rings is 1. The van der Waals surface area contributed by atoms with Crippen LogP contribution in [0.1, 0.15) is 15.9 Å². The molecule has 0 saturated carbocycles. The minimum atomic E-state index is -0.462. The van der Waals surface area contributed by atoms with Gasteiger partial charge in [0.1, 0.15) is 17.2 Å². The first-order valence-electron chi connectivity index (χ1n) is 7.88. The quantitative estimate of drug-likeness (QED) is 0.780. The molecule has 0 N–H and O–H groups in total. The van der Waals surface area contributed by atoms with Gasteiger partial charge < -0.3 is 14.5 Å². The summed E-state index contributed by atoms with van der Waals surface area (Å²) in [7, 11) is 3.32. The zero-order chi connectivity index (χ0) is 18.1. The Morgan fingerprint density at radius 1 is 1.40 bits per heavy atom. The number of pyridine rings is 1. The number of likely N-dealkylation sites (N-methyl/N-ethyl adjacent to an activating group) is 1. The molecule has 3 rings (SSSR count). The monoisotopic (exact) mass is 363 g/mol. The molecule has 2 aromatic rings. The van der Waals surface area contributed by atoms with Crippen LogP contribution >= 0.6 is 11.6 Å². The smallest absolute Gasteiger partial charge is 0.341 e. The van der Waals surface area contributed by atoms with Crippen molar-refractivity contribution in [3.8, 4) is 0 Å². The fraction of sp³-hybridized carbons (Fsp3) is 0.333. The predicted octanol–water partition coefficient (Wildman–Crippen LogP) is 3.29. The maximum absolute atomic E-state index is 13.3. The van der Waals surface area contributed by atoms with Crippen LogP contribution in [0.3, 0.4) is 0 Å². The van der Waals surface area contributed by atoms with Crippen molar-refractivity contribution in [1.29, 1.82) is 0 Å². The molecule has 2 heterocycles. The van der Waals surface area contributed by atoms with Gasteiger partial charge in [0.15, 0.2) is 0 Å². The maximum Gasteiger partial charge on any atom is 0.341 e. The van der Waals surface area contributed by atoms with Crippen molar-refractivity contribution in [2.45, 2.75) is 13.0 Å². The van der Waals surface area contributed by atoms with Crippen molar-refractivity contribution >= 4 is 29.1 Å². The molecule has 0 radical (unpaired) electrons. The highest BCUT2D eigenvalue weighted by atomic mass is 35.5. The van der Waals surface area contributed by atoms with Crippen molar-refractivity contribution < 1.29 is 13.9 Å². The highest BCUT2D eigenvalue weighted by molar-refractivity contribution is 6.30. The number of nitrogens with zero attached hydrogens (tertiary/aromatic N) is 3. The van der Waals surface area contributed by atoms with Crippen LogP contribution in [0.25, 0.3) is 0 Å². The van der Waals surface area contributed by atoms with E-state index in [1.54, 1.807) is 12.1 Å². The van der Waals surface area contributed by atoms with E-state index in [0.717, 1.165) is 11.3 Å². The van der Waals surface area contributed by atoms with Gasteiger partial charge in [-0.25, -0.2) is 14.2 Å². The third-order valence-electron chi connectivity index (χ3n) is 4.49. The van der Waals surface area contributed by atoms with Crippen LogP contribution in [0.15, 0.2) is 30.5 Å². The second-order valence-electron chi connectivity index (χ2n) is 6.12. The standard InChI is InChI=1S/C18H19ClFN3O2/c1-11-6-13(20)4-5-16(11)22(2)14-9-23(10-14)17-15(18(24)25-3)7-12(19)8-21-17/h4-8,14H,9-10H2,1-3H3. The van der Waals surface area contributed by atoms with Crippen molar-refractivity contribution in [2.24, 2.45) is 0 Å². The van der Waals surface area contributed by atoms with E-state index < -0.39 is 5.97 Å². The number of halogens is 2. The van der Waals surface area contributed by atoms with Gasteiger partial charge in [-0.2, -0.15) is 0 Å². The summed E-state index contributed by atoms with van der Waals surface area (Å²) in [6, 6.07) is 6.58. The molecular formula is C18H19ClFN3O2. The first kappa shape index (κ1) is 17.5. The van der Waals surface area contributed by atoms with E-state index in [4.69, 9.17) is 16.3 Å². The highest BCUT2D eigenvalue weighted by Gasteiger charge is 2.34. The Morgan fingerprint density at radius 3 is 2.76 bits per heavy atom. The second-order valence-corrected chi connectivity index (χ2v) is 6.55. The summed E-state index contributed by atoms with van der Waals surface area (Å²) < 4.78 is 18.1. The predicted molar refractivity (Wildman–Crippen MR) is 96.1 cm³/mol. The summed E-state index contributed by atoms with van der Waals surface area (Å²) in [6.45, 7) is 3.29. The number of esters is 1. The minimum Gasteiger partial charge on any atom is -0.465 e. The lowest BCUT2D eigenvalue weighted by Gasteiger charge is -2.46. The van der Waals surface area contributed by atoms with Crippen molar-refractivity contribution in [3.63, 3.8) is 0 Å². The van der Waals surface area contributed by atoms with E-state index in [-0.39, 0.29) is 11.9 Å². The molecule has 1 aliphatic rings. The van der Waals surface area contributed by atoms with Gasteiger partial charge >= 0.3 is 5.97 Å². The number of rotatable bonds is 4. The number of methoxy groups -OCH3 is 1. The third kappa shape index (κ3) is 3.39. The molecule has 0 spiro atoms. The lowest BCUT2D eigenvalue weighted by atomic mass is 10.0. The van der Waals surface area contributed by atoms with E-state index in [1.165, 1.54) is 25.4 Å². The first-order chi connectivity index (χ1) is 11.9. The van der Waals surface area contributed by atoms with Gasteiger partial charge in [-0.3, -0.25) is 0 Å². The first-order valence-corrected chi connectivity index (χ1v) is 8.26. The molecule has 0 bridgehead atoms. The second kappa shape index (κ2) is 6.88. The van der Waals surface area contributed by atoms with Crippen LogP contribution in [-0.2, 0) is 4.74 Å². The number of ether oxygens (including phenoxy) is 1. The Bertz CT molecular complexity index is 809. The number of anilines is 2. The lowest BCUT2D eigenvalue weighted by molar-refractivity contribution is 0.0600. The molecule has 1 aromatic heterocycles. The Kier molecular flexibility index (Phi) is 4.81. The average molecular weight is 364 g/mol. The average Bonchev–Trinajstić information content (AvgIpc) is 2.53. The summed E-state index contributed by atoms with van der Waals surface area (Å²) in [5.74, 6) is -0.133. The fourth-order valence-electron chi connectivity index (χ4n) is 3.03. The summed E-state index contributed by atoms with van der Waals surface area (Å²) in [4.78, 5) is 20.4. The van der Waals surface area contributed by atoms with Gasteiger partial charge in [0.05, 0.1) is 18.2 Å². The Labute approximate surface area is 151 Å². The van der Waals surface area contributed by atoms with Crippen molar-refractivity contribution in [2.75, 3.05) is 37.0 Å². The summed E-state index contributed by atoms with van der Waals surface area (Å²) in [5, 5.41) is 0.389. The normalized spacial score (nSPS) is 14.2. The molecule has 7 heteroatoms. The minimum absolute atomic E-state index is 0.238. The zero-order valence-electron chi connectivity index (χ0n) is 14.3. The largest absolute Gasteiger partial charge is 0.465 e. The van der Waals surface area contributed by atoms with Crippen LogP contribution in [-0.4, -0.2) is 44.2 Å². The summed E-state index contributed by atoms with van der Waals surface area (Å²) in [6.07, 6.45) is 1.52. The van der Waals surface area contributed by atoms with E-state index >= 15 is 0 Å². The molecule has 5 nitrogen and oxygen atoms in total. The van der Waals surface area contributed by atoms with Crippen molar-refractivity contribution in [1.82, 2.24) is 4.98 Å². The molecule has 0 atom stereocenters. The Morgan fingerprint density at radius 2 is 2.12 bits per heavy atom. The van der Waals surface area contributed by atoms with Crippen LogP contribution in [0.4, 0.5) is 15.9 Å². The van der Waals surface area contributed by atoms with Gasteiger partial charge in [-0.15, -0.1) is 0 Å². The fourth-order valence-corrected chi connectivity index (χ4v) is 3.19. The van der Waals surface area contributed by atoms with Gasteiger partial charge in [0, 0.05) is 32.0 Å². The van der Waals surface area contributed by atoms with Gasteiger partial charge in [0.2, 0.25) is 0 Å². The maximum atomic E-state index is 13.3. The molecule has 1 aromatic carbocycles. The molecule has 1 fully saturated rings. The Hall–Kier alpha value is -2.34. The van der Waals surface area contributed by atoms with E-state index in [9.17, 15) is 9.18 Å². The van der Waals surface area contributed by atoms with Crippen LogP contribution in [0.2, 0.25) is 5.02 Å². The highest BCUT2D eigenvalue weighted by Crippen LogP contribution is 2.30. The third-order valence-corrected chi connectivity index (χ3v) is 4.69. The molecule has 1 saturated heterocycles. The van der Waals surface area contributed by atoms with E-state index in [0.29, 0.717) is 29.5 Å². The lowest BCUT2D eigenvalue weighted by Crippen LogP contribution is -2.59. The van der Waals surface area contributed by atoms with Crippen molar-refractivity contribution in [3.05, 3.63) is 52.4 Å². The molecule has 0 aliphatic carbocycles. The zero-order valence-corrected chi connectivity index (χ0v) is 15.0. The topological polar surface area (TPSA) is 45.7 Å². The number of hydrogen-bond donors (Lipinski definition) is 0. The molecule has 1 aliphatic heterocycles. The number of aromatic nitrogens is 1. The molecule has 0 unspecified atom stereocenters. The van der Waals surface area contributed by atoms with Gasteiger partial charge in [0.25, 0.3) is 0 Å².